The van der Waals surface area contributed by atoms with Crippen LogP contribution in [0.1, 0.15) is 12.0 Å². The highest BCUT2D eigenvalue weighted by Crippen LogP contribution is 2.27. The third-order valence-corrected chi connectivity index (χ3v) is 3.42. The maximum absolute atomic E-state index is 11.8. The molecule has 0 radical (unpaired) electrons. The van der Waals surface area contributed by atoms with Crippen molar-refractivity contribution < 1.29 is 19.1 Å². The number of ether oxygens (including phenoxy) is 2. The lowest BCUT2D eigenvalue weighted by molar-refractivity contribution is -0.126. The Bertz CT molecular complexity index is 547. The molecule has 2 amide bonds. The van der Waals surface area contributed by atoms with Crippen molar-refractivity contribution in [1.29, 1.82) is 0 Å². The highest BCUT2D eigenvalue weighted by Gasteiger charge is 2.08. The summed E-state index contributed by atoms with van der Waals surface area (Å²) in [7, 11) is 7.02. The van der Waals surface area contributed by atoms with Crippen LogP contribution in [0.5, 0.6) is 11.5 Å². The molecule has 0 spiro atoms. The Morgan fingerprint density at radius 3 is 2.38 bits per heavy atom. The van der Waals surface area contributed by atoms with Crippen LogP contribution >= 0.6 is 0 Å². The Hall–Kier alpha value is -2.28. The van der Waals surface area contributed by atoms with Crippen molar-refractivity contribution in [3.8, 4) is 11.5 Å². The lowest BCUT2D eigenvalue weighted by atomic mass is 10.1. The first kappa shape index (κ1) is 19.8. The molecule has 0 saturated heterocycles. The van der Waals surface area contributed by atoms with E-state index in [0.717, 1.165) is 12.1 Å². The molecule has 0 saturated carbocycles. The van der Waals surface area contributed by atoms with Gasteiger partial charge in [0.15, 0.2) is 11.5 Å². The number of carbonyl (C=O) groups is 2. The van der Waals surface area contributed by atoms with Crippen LogP contribution in [-0.2, 0) is 16.0 Å². The zero-order valence-corrected chi connectivity index (χ0v) is 14.8. The number of likely N-dealkylation sites (N-methyl/N-ethyl adjacent to an activating group) is 1. The minimum atomic E-state index is -0.184. The highest BCUT2D eigenvalue weighted by atomic mass is 16.5. The summed E-state index contributed by atoms with van der Waals surface area (Å²) in [5.74, 6) is 0.944. The summed E-state index contributed by atoms with van der Waals surface area (Å²) in [6.45, 7) is 1.32. The summed E-state index contributed by atoms with van der Waals surface area (Å²) < 4.78 is 10.4. The third-order valence-electron chi connectivity index (χ3n) is 3.42. The Labute approximate surface area is 143 Å². The van der Waals surface area contributed by atoms with E-state index in [-0.39, 0.29) is 18.4 Å². The van der Waals surface area contributed by atoms with Gasteiger partial charge in [0.25, 0.3) is 0 Å². The number of amides is 2. The Morgan fingerprint density at radius 2 is 1.75 bits per heavy atom. The van der Waals surface area contributed by atoms with Gasteiger partial charge in [0, 0.05) is 19.5 Å². The molecule has 0 aromatic heterocycles. The van der Waals surface area contributed by atoms with Gasteiger partial charge in [-0.25, -0.2) is 0 Å². The normalized spacial score (nSPS) is 10.4. The zero-order chi connectivity index (χ0) is 17.9. The van der Waals surface area contributed by atoms with E-state index < -0.39 is 0 Å². The van der Waals surface area contributed by atoms with Crippen molar-refractivity contribution in [3.63, 3.8) is 0 Å². The lowest BCUT2D eigenvalue weighted by Gasteiger charge is -2.11. The molecule has 0 unspecified atom stereocenters. The van der Waals surface area contributed by atoms with Gasteiger partial charge in [0.2, 0.25) is 11.8 Å². The van der Waals surface area contributed by atoms with Crippen molar-refractivity contribution in [2.45, 2.75) is 12.8 Å². The molecule has 1 aromatic carbocycles. The smallest absolute Gasteiger partial charge is 0.239 e. The van der Waals surface area contributed by atoms with E-state index in [4.69, 9.17) is 9.47 Å². The number of nitrogens with one attached hydrogen (secondary N) is 2. The fourth-order valence-electron chi connectivity index (χ4n) is 2.04. The standard InChI is InChI=1S/C17H27N3O4/c1-20(2)10-9-18-17(22)12-19-16(21)8-6-13-5-7-14(23-3)15(11-13)24-4/h5,7,11H,6,8-10,12H2,1-4H3,(H,18,22)(H,19,21). The van der Waals surface area contributed by atoms with Crippen molar-refractivity contribution in [3.05, 3.63) is 23.8 Å². The summed E-state index contributed by atoms with van der Waals surface area (Å²) in [5, 5.41) is 5.37. The summed E-state index contributed by atoms with van der Waals surface area (Å²) >= 11 is 0. The first-order chi connectivity index (χ1) is 11.5. The molecule has 1 rings (SSSR count). The molecule has 0 fully saturated rings. The number of nitrogens with zero attached hydrogens (tertiary/aromatic N) is 1. The van der Waals surface area contributed by atoms with Crippen molar-refractivity contribution in [1.82, 2.24) is 15.5 Å². The quantitative estimate of drug-likeness (QED) is 0.647. The Balaban J connectivity index is 2.32. The number of benzene rings is 1. The number of hydrogen-bond donors (Lipinski definition) is 2. The predicted molar refractivity (Wildman–Crippen MR) is 92.4 cm³/mol. The van der Waals surface area contributed by atoms with Crippen LogP contribution in [0.2, 0.25) is 0 Å². The molecule has 0 aliphatic rings. The van der Waals surface area contributed by atoms with Crippen LogP contribution < -0.4 is 20.1 Å². The summed E-state index contributed by atoms with van der Waals surface area (Å²) in [6.07, 6.45) is 0.870. The molecular formula is C17H27N3O4. The molecule has 0 heterocycles. The predicted octanol–water partition coefficient (Wildman–Crippen LogP) is 0.430. The number of rotatable bonds is 10. The van der Waals surface area contributed by atoms with Gasteiger partial charge in [0.05, 0.1) is 20.8 Å². The molecule has 0 bridgehead atoms. The maximum Gasteiger partial charge on any atom is 0.239 e. The van der Waals surface area contributed by atoms with Crippen LogP contribution in [0.25, 0.3) is 0 Å². The SMILES string of the molecule is COc1ccc(CCC(=O)NCC(=O)NCCN(C)C)cc1OC. The van der Waals surface area contributed by atoms with E-state index in [1.54, 1.807) is 14.2 Å². The fourth-order valence-corrected chi connectivity index (χ4v) is 2.04. The molecule has 1 aromatic rings. The minimum absolute atomic E-state index is 0.00179. The third kappa shape index (κ3) is 7.32. The highest BCUT2D eigenvalue weighted by molar-refractivity contribution is 5.84. The summed E-state index contributed by atoms with van der Waals surface area (Å²) in [4.78, 5) is 25.4. The molecule has 0 atom stereocenters. The van der Waals surface area contributed by atoms with E-state index >= 15 is 0 Å². The lowest BCUT2D eigenvalue weighted by Crippen LogP contribution is -2.39. The van der Waals surface area contributed by atoms with E-state index in [2.05, 4.69) is 10.6 Å². The molecule has 0 aliphatic heterocycles. The van der Waals surface area contributed by atoms with Crippen LogP contribution in [0.4, 0.5) is 0 Å². The number of hydrogen-bond acceptors (Lipinski definition) is 5. The van der Waals surface area contributed by atoms with Gasteiger partial charge in [-0.05, 0) is 38.2 Å². The second kappa shape index (κ2) is 10.5. The maximum atomic E-state index is 11.8. The minimum Gasteiger partial charge on any atom is -0.493 e. The van der Waals surface area contributed by atoms with Crippen LogP contribution in [-0.4, -0.2) is 64.7 Å². The van der Waals surface area contributed by atoms with Crippen molar-refractivity contribution >= 4 is 11.8 Å². The average Bonchev–Trinajstić information content (AvgIpc) is 2.57. The van der Waals surface area contributed by atoms with Crippen LogP contribution in [0.15, 0.2) is 18.2 Å². The van der Waals surface area contributed by atoms with Crippen LogP contribution in [0.3, 0.4) is 0 Å². The zero-order valence-electron chi connectivity index (χ0n) is 14.8. The first-order valence-corrected chi connectivity index (χ1v) is 7.85. The van der Waals surface area contributed by atoms with E-state index in [0.29, 0.717) is 30.9 Å². The molecule has 24 heavy (non-hydrogen) atoms. The van der Waals surface area contributed by atoms with Gasteiger partial charge in [-0.15, -0.1) is 0 Å². The fraction of sp³-hybridized carbons (Fsp3) is 0.529. The van der Waals surface area contributed by atoms with Crippen LogP contribution in [0, 0.1) is 0 Å². The van der Waals surface area contributed by atoms with Gasteiger partial charge in [-0.1, -0.05) is 6.07 Å². The van der Waals surface area contributed by atoms with Crippen molar-refractivity contribution in [2.24, 2.45) is 0 Å². The monoisotopic (exact) mass is 337 g/mol. The van der Waals surface area contributed by atoms with E-state index in [9.17, 15) is 9.59 Å². The molecule has 7 heteroatoms. The summed E-state index contributed by atoms with van der Waals surface area (Å²) in [5.41, 5.74) is 0.971. The Morgan fingerprint density at radius 1 is 1.04 bits per heavy atom. The van der Waals surface area contributed by atoms with E-state index in [1.165, 1.54) is 0 Å². The molecule has 2 N–H and O–H groups in total. The Kier molecular flexibility index (Phi) is 8.64. The van der Waals surface area contributed by atoms with Gasteiger partial charge < -0.3 is 25.0 Å². The van der Waals surface area contributed by atoms with Gasteiger partial charge in [0.1, 0.15) is 0 Å². The number of aryl methyl sites for hydroxylation is 1. The van der Waals surface area contributed by atoms with Crippen molar-refractivity contribution in [2.75, 3.05) is 47.9 Å². The van der Waals surface area contributed by atoms with Gasteiger partial charge in [-0.2, -0.15) is 0 Å². The largest absolute Gasteiger partial charge is 0.493 e. The number of carbonyl (C=O) groups excluding carboxylic acids is 2. The van der Waals surface area contributed by atoms with Gasteiger partial charge in [-0.3, -0.25) is 9.59 Å². The first-order valence-electron chi connectivity index (χ1n) is 7.85. The molecule has 134 valence electrons. The number of methoxy groups -OCH3 is 2. The van der Waals surface area contributed by atoms with E-state index in [1.807, 2.05) is 37.2 Å². The molecule has 7 nitrogen and oxygen atoms in total. The topological polar surface area (TPSA) is 79.9 Å². The molecule has 0 aliphatic carbocycles. The molecular weight excluding hydrogens is 310 g/mol. The average molecular weight is 337 g/mol. The van der Waals surface area contributed by atoms with Gasteiger partial charge >= 0.3 is 0 Å². The second-order valence-electron chi connectivity index (χ2n) is 5.62. The summed E-state index contributed by atoms with van der Waals surface area (Å²) in [6, 6.07) is 5.55. The second-order valence-corrected chi connectivity index (χ2v) is 5.62.